The molecule has 0 fully saturated rings. The van der Waals surface area contributed by atoms with Crippen molar-refractivity contribution in [2.75, 3.05) is 20.3 Å². The highest BCUT2D eigenvalue weighted by Gasteiger charge is 2.14. The van der Waals surface area contributed by atoms with Gasteiger partial charge in [-0.15, -0.1) is 11.3 Å². The van der Waals surface area contributed by atoms with E-state index < -0.39 is 0 Å². The van der Waals surface area contributed by atoms with Gasteiger partial charge in [0.25, 0.3) is 5.91 Å². The molecule has 118 valence electrons. The van der Waals surface area contributed by atoms with Gasteiger partial charge in [0, 0.05) is 23.4 Å². The molecule has 1 amide bonds. The van der Waals surface area contributed by atoms with E-state index in [0.29, 0.717) is 12.3 Å². The minimum atomic E-state index is -0.157. The van der Waals surface area contributed by atoms with Gasteiger partial charge in [0.05, 0.1) is 0 Å². The maximum atomic E-state index is 11.9. The molecule has 2 aromatic rings. The second-order valence-electron chi connectivity index (χ2n) is 5.08. The van der Waals surface area contributed by atoms with Gasteiger partial charge in [0.1, 0.15) is 11.9 Å². The van der Waals surface area contributed by atoms with Crippen molar-refractivity contribution in [3.8, 4) is 5.75 Å². The van der Waals surface area contributed by atoms with Crippen molar-refractivity contribution in [3.63, 3.8) is 0 Å². The molecular weight excluding hydrogens is 298 g/mol. The predicted molar refractivity (Wildman–Crippen MR) is 88.5 cm³/mol. The van der Waals surface area contributed by atoms with E-state index in [1.54, 1.807) is 18.4 Å². The Morgan fingerprint density at radius 1 is 1.18 bits per heavy atom. The minimum absolute atomic E-state index is 0.00294. The van der Waals surface area contributed by atoms with Crippen LogP contribution in [-0.4, -0.2) is 26.2 Å². The average molecular weight is 319 g/mol. The standard InChI is InChI=1S/C17H21NO3S/c1-12-4-7-14(8-5-12)21-11-17(19)18-10-15(20-3)16-9-6-13(2)22-16/h4-9,15H,10-11H2,1-3H3,(H,18,19). The van der Waals surface area contributed by atoms with Crippen molar-refractivity contribution >= 4 is 17.2 Å². The lowest BCUT2D eigenvalue weighted by molar-refractivity contribution is -0.123. The summed E-state index contributed by atoms with van der Waals surface area (Å²) in [6.45, 7) is 4.50. The van der Waals surface area contributed by atoms with Crippen LogP contribution < -0.4 is 10.1 Å². The summed E-state index contributed by atoms with van der Waals surface area (Å²) in [7, 11) is 1.65. The van der Waals surface area contributed by atoms with E-state index in [1.807, 2.05) is 43.3 Å². The van der Waals surface area contributed by atoms with E-state index in [2.05, 4.69) is 12.2 Å². The summed E-state index contributed by atoms with van der Waals surface area (Å²) in [5, 5.41) is 2.84. The van der Waals surface area contributed by atoms with E-state index in [1.165, 1.54) is 4.88 Å². The van der Waals surface area contributed by atoms with Crippen LogP contribution in [0, 0.1) is 13.8 Å². The number of hydrogen-bond acceptors (Lipinski definition) is 4. The molecule has 1 atom stereocenters. The van der Waals surface area contributed by atoms with Crippen molar-refractivity contribution in [1.82, 2.24) is 5.32 Å². The number of carbonyl (C=O) groups is 1. The lowest BCUT2D eigenvalue weighted by Gasteiger charge is -2.15. The lowest BCUT2D eigenvalue weighted by Crippen LogP contribution is -2.32. The van der Waals surface area contributed by atoms with Gasteiger partial charge in [0.2, 0.25) is 0 Å². The van der Waals surface area contributed by atoms with Crippen LogP contribution in [0.3, 0.4) is 0 Å². The van der Waals surface area contributed by atoms with Gasteiger partial charge in [-0.3, -0.25) is 4.79 Å². The number of carbonyl (C=O) groups excluding carboxylic acids is 1. The van der Waals surface area contributed by atoms with Gasteiger partial charge in [-0.05, 0) is 38.1 Å². The molecule has 0 bridgehead atoms. The zero-order valence-corrected chi connectivity index (χ0v) is 13.9. The number of rotatable bonds is 7. The molecule has 1 aromatic heterocycles. The Labute approximate surface area is 135 Å². The summed E-state index contributed by atoms with van der Waals surface area (Å²) in [5.74, 6) is 0.536. The highest BCUT2D eigenvalue weighted by molar-refractivity contribution is 7.12. The molecule has 0 aliphatic rings. The first kappa shape index (κ1) is 16.5. The fourth-order valence-electron chi connectivity index (χ4n) is 1.97. The number of benzene rings is 1. The van der Waals surface area contributed by atoms with Crippen molar-refractivity contribution in [3.05, 3.63) is 51.7 Å². The smallest absolute Gasteiger partial charge is 0.258 e. The van der Waals surface area contributed by atoms with E-state index in [9.17, 15) is 4.79 Å². The Balaban J connectivity index is 1.78. The molecule has 1 N–H and O–H groups in total. The maximum Gasteiger partial charge on any atom is 0.258 e. The Bertz CT molecular complexity index is 607. The summed E-state index contributed by atoms with van der Waals surface area (Å²) < 4.78 is 10.9. The largest absolute Gasteiger partial charge is 0.484 e. The lowest BCUT2D eigenvalue weighted by atomic mass is 10.2. The van der Waals surface area contributed by atoms with E-state index in [0.717, 1.165) is 10.4 Å². The molecule has 0 radical (unpaired) electrons. The van der Waals surface area contributed by atoms with Gasteiger partial charge >= 0.3 is 0 Å². The highest BCUT2D eigenvalue weighted by Crippen LogP contribution is 2.24. The number of methoxy groups -OCH3 is 1. The summed E-state index contributed by atoms with van der Waals surface area (Å²) in [6, 6.07) is 11.7. The molecule has 0 spiro atoms. The van der Waals surface area contributed by atoms with Gasteiger partial charge < -0.3 is 14.8 Å². The van der Waals surface area contributed by atoms with Crippen molar-refractivity contribution in [2.45, 2.75) is 20.0 Å². The second-order valence-corrected chi connectivity index (χ2v) is 6.40. The van der Waals surface area contributed by atoms with Crippen LogP contribution in [-0.2, 0) is 9.53 Å². The predicted octanol–water partition coefficient (Wildman–Crippen LogP) is 3.25. The second kappa shape index (κ2) is 7.96. The van der Waals surface area contributed by atoms with Gasteiger partial charge in [-0.1, -0.05) is 17.7 Å². The van der Waals surface area contributed by atoms with Crippen molar-refractivity contribution < 1.29 is 14.3 Å². The summed E-state index contributed by atoms with van der Waals surface area (Å²) in [4.78, 5) is 14.2. The number of amides is 1. The molecule has 1 heterocycles. The maximum absolute atomic E-state index is 11.9. The minimum Gasteiger partial charge on any atom is -0.484 e. The van der Waals surface area contributed by atoms with Crippen LogP contribution in [0.1, 0.15) is 21.4 Å². The van der Waals surface area contributed by atoms with Crippen molar-refractivity contribution in [2.24, 2.45) is 0 Å². The number of ether oxygens (including phenoxy) is 2. The fourth-order valence-corrected chi connectivity index (χ4v) is 2.92. The average Bonchev–Trinajstić information content (AvgIpc) is 2.94. The van der Waals surface area contributed by atoms with Crippen LogP contribution in [0.2, 0.25) is 0 Å². The molecule has 1 unspecified atom stereocenters. The molecule has 22 heavy (non-hydrogen) atoms. The van der Waals surface area contributed by atoms with E-state index >= 15 is 0 Å². The first-order valence-corrected chi connectivity index (χ1v) is 7.95. The fraction of sp³-hybridized carbons (Fsp3) is 0.353. The van der Waals surface area contributed by atoms with Crippen LogP contribution in [0.15, 0.2) is 36.4 Å². The van der Waals surface area contributed by atoms with Gasteiger partial charge in [0.15, 0.2) is 6.61 Å². The third-order valence-corrected chi connectivity index (χ3v) is 4.33. The number of thiophene rings is 1. The molecule has 0 aliphatic heterocycles. The Morgan fingerprint density at radius 3 is 2.50 bits per heavy atom. The zero-order valence-electron chi connectivity index (χ0n) is 13.1. The Kier molecular flexibility index (Phi) is 5.98. The SMILES string of the molecule is COC(CNC(=O)COc1ccc(C)cc1)c1ccc(C)s1. The molecule has 0 saturated heterocycles. The number of nitrogens with one attached hydrogen (secondary N) is 1. The summed E-state index contributed by atoms with van der Waals surface area (Å²) >= 11 is 1.68. The summed E-state index contributed by atoms with van der Waals surface area (Å²) in [5.41, 5.74) is 1.16. The number of hydrogen-bond donors (Lipinski definition) is 1. The summed E-state index contributed by atoms with van der Waals surface area (Å²) in [6.07, 6.45) is -0.123. The quantitative estimate of drug-likeness (QED) is 0.852. The van der Waals surface area contributed by atoms with E-state index in [-0.39, 0.29) is 18.6 Å². The molecule has 0 saturated carbocycles. The molecule has 1 aromatic carbocycles. The molecule has 2 rings (SSSR count). The molecular formula is C17H21NO3S. The van der Waals surface area contributed by atoms with Crippen LogP contribution in [0.25, 0.3) is 0 Å². The van der Waals surface area contributed by atoms with Crippen LogP contribution >= 0.6 is 11.3 Å². The van der Waals surface area contributed by atoms with E-state index in [4.69, 9.17) is 9.47 Å². The zero-order chi connectivity index (χ0) is 15.9. The highest BCUT2D eigenvalue weighted by atomic mass is 32.1. The third-order valence-electron chi connectivity index (χ3n) is 3.24. The van der Waals surface area contributed by atoms with Crippen LogP contribution in [0.5, 0.6) is 5.75 Å². The molecule has 0 aliphatic carbocycles. The van der Waals surface area contributed by atoms with Crippen molar-refractivity contribution in [1.29, 1.82) is 0 Å². The third kappa shape index (κ3) is 4.86. The topological polar surface area (TPSA) is 47.6 Å². The molecule has 4 nitrogen and oxygen atoms in total. The Morgan fingerprint density at radius 2 is 1.91 bits per heavy atom. The first-order valence-electron chi connectivity index (χ1n) is 7.14. The van der Waals surface area contributed by atoms with Gasteiger partial charge in [-0.2, -0.15) is 0 Å². The number of aryl methyl sites for hydroxylation is 2. The van der Waals surface area contributed by atoms with Crippen LogP contribution in [0.4, 0.5) is 0 Å². The first-order chi connectivity index (χ1) is 10.6. The molecule has 5 heteroatoms. The monoisotopic (exact) mass is 319 g/mol. The van der Waals surface area contributed by atoms with Gasteiger partial charge in [-0.25, -0.2) is 0 Å². The normalized spacial score (nSPS) is 12.0. The Hall–Kier alpha value is -1.85.